The second-order valence-electron chi connectivity index (χ2n) is 8.27. The molecule has 1 rings (SSSR count). The highest BCUT2D eigenvalue weighted by atomic mass is 16.7. The van der Waals surface area contributed by atoms with Crippen molar-refractivity contribution in [1.29, 1.82) is 0 Å². The molecule has 0 heterocycles. The van der Waals surface area contributed by atoms with Gasteiger partial charge in [-0.05, 0) is 42.1 Å². The van der Waals surface area contributed by atoms with Crippen LogP contribution in [0.2, 0.25) is 0 Å². The van der Waals surface area contributed by atoms with Gasteiger partial charge in [0, 0.05) is 6.42 Å². The molecule has 154 valence electrons. The van der Waals surface area contributed by atoms with Crippen LogP contribution in [0.5, 0.6) is 0 Å². The van der Waals surface area contributed by atoms with E-state index in [1.165, 1.54) is 7.11 Å². The standard InChI is InChI=1S/C23H38O4/c1-17(2)23(27-16-26-15-21-10-8-7-9-11-21)20(5)13-18(3)12-19(4)14-22(24)25-6/h7-11,17-20,23H,12-16H2,1-6H3/t18-,19+,20-,23+/m0/s1. The Hall–Kier alpha value is -1.39. The fourth-order valence-corrected chi connectivity index (χ4v) is 3.88. The molecule has 1 aromatic carbocycles. The first kappa shape index (κ1) is 23.6. The van der Waals surface area contributed by atoms with Gasteiger partial charge >= 0.3 is 5.97 Å². The maximum atomic E-state index is 11.4. The number of carbonyl (C=O) groups excluding carboxylic acids is 1. The average molecular weight is 379 g/mol. The molecule has 0 N–H and O–H groups in total. The summed E-state index contributed by atoms with van der Waals surface area (Å²) in [6.45, 7) is 11.9. The topological polar surface area (TPSA) is 44.8 Å². The van der Waals surface area contributed by atoms with Crippen LogP contribution in [0.25, 0.3) is 0 Å². The van der Waals surface area contributed by atoms with Crippen molar-refractivity contribution in [3.8, 4) is 0 Å². The molecule has 0 spiro atoms. The van der Waals surface area contributed by atoms with Gasteiger partial charge in [-0.2, -0.15) is 0 Å². The summed E-state index contributed by atoms with van der Waals surface area (Å²) in [4.78, 5) is 11.4. The molecule has 0 amide bonds. The van der Waals surface area contributed by atoms with Gasteiger partial charge in [0.1, 0.15) is 6.79 Å². The maximum absolute atomic E-state index is 11.4. The van der Waals surface area contributed by atoms with Crippen molar-refractivity contribution in [1.82, 2.24) is 0 Å². The molecule has 0 aromatic heterocycles. The van der Waals surface area contributed by atoms with Crippen molar-refractivity contribution in [2.75, 3.05) is 13.9 Å². The summed E-state index contributed by atoms with van der Waals surface area (Å²) in [6, 6.07) is 10.1. The van der Waals surface area contributed by atoms with Gasteiger partial charge in [0.25, 0.3) is 0 Å². The zero-order valence-electron chi connectivity index (χ0n) is 17.9. The molecule has 27 heavy (non-hydrogen) atoms. The summed E-state index contributed by atoms with van der Waals surface area (Å²) in [5, 5.41) is 0. The van der Waals surface area contributed by atoms with E-state index >= 15 is 0 Å². The van der Waals surface area contributed by atoms with E-state index in [9.17, 15) is 4.79 Å². The number of rotatable bonds is 13. The summed E-state index contributed by atoms with van der Waals surface area (Å²) in [5.41, 5.74) is 1.16. The van der Waals surface area contributed by atoms with Crippen LogP contribution < -0.4 is 0 Å². The lowest BCUT2D eigenvalue weighted by Gasteiger charge is -2.30. The molecule has 4 heteroatoms. The van der Waals surface area contributed by atoms with E-state index in [0.29, 0.717) is 43.5 Å². The van der Waals surface area contributed by atoms with Gasteiger partial charge in [-0.3, -0.25) is 4.79 Å². The third kappa shape index (κ3) is 9.92. The Morgan fingerprint density at radius 2 is 1.63 bits per heavy atom. The molecule has 4 atom stereocenters. The highest BCUT2D eigenvalue weighted by Gasteiger charge is 2.24. The van der Waals surface area contributed by atoms with E-state index in [-0.39, 0.29) is 12.1 Å². The van der Waals surface area contributed by atoms with Crippen molar-refractivity contribution in [2.45, 2.75) is 66.6 Å². The van der Waals surface area contributed by atoms with Crippen LogP contribution in [0.4, 0.5) is 0 Å². The summed E-state index contributed by atoms with van der Waals surface area (Å²) in [6.07, 6.45) is 2.76. The Morgan fingerprint density at radius 1 is 0.963 bits per heavy atom. The Balaban J connectivity index is 2.38. The number of hydrogen-bond acceptors (Lipinski definition) is 4. The Bertz CT molecular complexity index is 514. The van der Waals surface area contributed by atoms with Gasteiger partial charge < -0.3 is 14.2 Å². The van der Waals surface area contributed by atoms with Crippen LogP contribution >= 0.6 is 0 Å². The molecule has 0 fully saturated rings. The quantitative estimate of drug-likeness (QED) is 0.260. The predicted octanol–water partition coefficient (Wildman–Crippen LogP) is 5.45. The van der Waals surface area contributed by atoms with E-state index in [4.69, 9.17) is 14.2 Å². The van der Waals surface area contributed by atoms with Crippen molar-refractivity contribution < 1.29 is 19.0 Å². The highest BCUT2D eigenvalue weighted by Crippen LogP contribution is 2.27. The van der Waals surface area contributed by atoms with Crippen LogP contribution in [0.3, 0.4) is 0 Å². The molecule has 0 unspecified atom stereocenters. The fourth-order valence-electron chi connectivity index (χ4n) is 3.88. The number of hydrogen-bond donors (Lipinski definition) is 0. The second-order valence-corrected chi connectivity index (χ2v) is 8.27. The minimum absolute atomic E-state index is 0.123. The normalized spacial score (nSPS) is 16.0. The summed E-state index contributed by atoms with van der Waals surface area (Å²) < 4.78 is 16.5. The highest BCUT2D eigenvalue weighted by molar-refractivity contribution is 5.69. The minimum Gasteiger partial charge on any atom is -0.469 e. The van der Waals surface area contributed by atoms with E-state index in [1.807, 2.05) is 18.2 Å². The molecule has 0 aliphatic carbocycles. The molecule has 0 aliphatic heterocycles. The number of methoxy groups -OCH3 is 1. The number of esters is 1. The van der Waals surface area contributed by atoms with E-state index in [0.717, 1.165) is 18.4 Å². The molecule has 0 bridgehead atoms. The summed E-state index contributed by atoms with van der Waals surface area (Å²) >= 11 is 0. The fraction of sp³-hybridized carbons (Fsp3) is 0.696. The first-order chi connectivity index (χ1) is 12.8. The van der Waals surface area contributed by atoms with Gasteiger partial charge in [0.05, 0.1) is 19.8 Å². The smallest absolute Gasteiger partial charge is 0.305 e. The SMILES string of the molecule is COC(=O)C[C@H](C)C[C@H](C)C[C@H](C)[C@H](OCOCc1ccccc1)C(C)C. The van der Waals surface area contributed by atoms with Crippen LogP contribution in [0.1, 0.15) is 59.4 Å². The molecular weight excluding hydrogens is 340 g/mol. The van der Waals surface area contributed by atoms with Crippen LogP contribution in [-0.4, -0.2) is 26.0 Å². The molecular formula is C23H38O4. The lowest BCUT2D eigenvalue weighted by Crippen LogP contribution is -2.30. The number of carbonyl (C=O) groups is 1. The van der Waals surface area contributed by atoms with Crippen molar-refractivity contribution in [3.05, 3.63) is 35.9 Å². The summed E-state index contributed by atoms with van der Waals surface area (Å²) in [5.74, 6) is 1.62. The Labute approximate surface area is 165 Å². The molecule has 0 aliphatic rings. The van der Waals surface area contributed by atoms with Gasteiger partial charge in [-0.15, -0.1) is 0 Å². The number of benzene rings is 1. The van der Waals surface area contributed by atoms with Crippen molar-refractivity contribution in [2.24, 2.45) is 23.7 Å². The molecule has 0 saturated heterocycles. The second kappa shape index (κ2) is 12.9. The predicted molar refractivity (Wildman–Crippen MR) is 109 cm³/mol. The van der Waals surface area contributed by atoms with Gasteiger partial charge in [-0.25, -0.2) is 0 Å². The van der Waals surface area contributed by atoms with Gasteiger partial charge in [-0.1, -0.05) is 65.0 Å². The van der Waals surface area contributed by atoms with Crippen molar-refractivity contribution >= 4 is 5.97 Å². The van der Waals surface area contributed by atoms with E-state index in [1.54, 1.807) is 0 Å². The van der Waals surface area contributed by atoms with Gasteiger partial charge in [0.2, 0.25) is 0 Å². The van der Waals surface area contributed by atoms with Gasteiger partial charge in [0.15, 0.2) is 0 Å². The first-order valence-corrected chi connectivity index (χ1v) is 10.1. The van der Waals surface area contributed by atoms with Crippen LogP contribution in [0.15, 0.2) is 30.3 Å². The van der Waals surface area contributed by atoms with Crippen LogP contribution in [-0.2, 0) is 25.6 Å². The molecule has 0 radical (unpaired) electrons. The minimum atomic E-state index is -0.123. The molecule has 4 nitrogen and oxygen atoms in total. The Kier molecular flexibility index (Phi) is 11.3. The van der Waals surface area contributed by atoms with Crippen LogP contribution in [0, 0.1) is 23.7 Å². The Morgan fingerprint density at radius 3 is 2.22 bits per heavy atom. The largest absolute Gasteiger partial charge is 0.469 e. The third-order valence-corrected chi connectivity index (χ3v) is 4.99. The third-order valence-electron chi connectivity index (χ3n) is 4.99. The van der Waals surface area contributed by atoms with E-state index < -0.39 is 0 Å². The monoisotopic (exact) mass is 378 g/mol. The first-order valence-electron chi connectivity index (χ1n) is 10.1. The zero-order valence-corrected chi connectivity index (χ0v) is 17.9. The number of ether oxygens (including phenoxy) is 3. The zero-order chi connectivity index (χ0) is 20.2. The van der Waals surface area contributed by atoms with E-state index in [2.05, 4.69) is 46.8 Å². The lowest BCUT2D eigenvalue weighted by atomic mass is 9.83. The van der Waals surface area contributed by atoms with Crippen molar-refractivity contribution in [3.63, 3.8) is 0 Å². The average Bonchev–Trinajstić information content (AvgIpc) is 2.61. The molecule has 1 aromatic rings. The lowest BCUT2D eigenvalue weighted by molar-refractivity contribution is -0.141. The summed E-state index contributed by atoms with van der Waals surface area (Å²) in [7, 11) is 1.45. The maximum Gasteiger partial charge on any atom is 0.305 e. The molecule has 0 saturated carbocycles.